The third kappa shape index (κ3) is 3.19. The van der Waals surface area contributed by atoms with Crippen LogP contribution in [0.2, 0.25) is 5.02 Å². The molecular weight excluding hydrogens is 264 g/mol. The summed E-state index contributed by atoms with van der Waals surface area (Å²) in [7, 11) is 1.56. The first-order valence-corrected chi connectivity index (χ1v) is 6.28. The molecule has 19 heavy (non-hydrogen) atoms. The number of hydrogen-bond donors (Lipinski definition) is 1. The minimum atomic E-state index is -0.682. The molecular formula is C15H15ClO3. The van der Waals surface area contributed by atoms with Gasteiger partial charge in [-0.3, -0.25) is 0 Å². The van der Waals surface area contributed by atoms with Gasteiger partial charge in [0.15, 0.2) is 0 Å². The van der Waals surface area contributed by atoms with Crippen molar-refractivity contribution in [3.63, 3.8) is 0 Å². The molecule has 2 aromatic carbocycles. The minimum Gasteiger partial charge on any atom is -0.496 e. The van der Waals surface area contributed by atoms with Gasteiger partial charge in [0, 0.05) is 5.02 Å². The number of aliphatic hydroxyl groups excluding tert-OH is 1. The maximum Gasteiger partial charge on any atom is 0.136 e. The van der Waals surface area contributed by atoms with E-state index in [0.717, 1.165) is 0 Å². The number of rotatable bonds is 4. The molecule has 100 valence electrons. The van der Waals surface area contributed by atoms with Gasteiger partial charge in [-0.15, -0.1) is 0 Å². The second-order valence-electron chi connectivity index (χ2n) is 4.10. The third-order valence-electron chi connectivity index (χ3n) is 2.71. The van der Waals surface area contributed by atoms with Crippen LogP contribution < -0.4 is 9.47 Å². The second-order valence-corrected chi connectivity index (χ2v) is 4.54. The smallest absolute Gasteiger partial charge is 0.136 e. The average Bonchev–Trinajstić information content (AvgIpc) is 2.40. The highest BCUT2D eigenvalue weighted by atomic mass is 35.5. The first-order chi connectivity index (χ1) is 9.11. The summed E-state index contributed by atoms with van der Waals surface area (Å²) in [5.41, 5.74) is 0.625. The standard InChI is InChI=1S/C15H15ClO3/c1-10(17)15-13(18-2)4-3-5-14(15)19-12-8-6-11(16)7-9-12/h3-10,17H,1-2H3/t10-/m0/s1. The second kappa shape index (κ2) is 5.95. The van der Waals surface area contributed by atoms with Crippen LogP contribution >= 0.6 is 11.6 Å². The highest BCUT2D eigenvalue weighted by molar-refractivity contribution is 6.30. The first-order valence-electron chi connectivity index (χ1n) is 5.90. The normalized spacial score (nSPS) is 12.0. The van der Waals surface area contributed by atoms with E-state index in [9.17, 15) is 5.11 Å². The van der Waals surface area contributed by atoms with Gasteiger partial charge < -0.3 is 14.6 Å². The van der Waals surface area contributed by atoms with Crippen LogP contribution in [0.4, 0.5) is 0 Å². The number of aliphatic hydroxyl groups is 1. The fraction of sp³-hybridized carbons (Fsp3) is 0.200. The molecule has 0 fully saturated rings. The van der Waals surface area contributed by atoms with Gasteiger partial charge in [-0.05, 0) is 43.3 Å². The molecule has 0 bridgehead atoms. The zero-order chi connectivity index (χ0) is 13.8. The Morgan fingerprint density at radius 3 is 2.26 bits per heavy atom. The predicted octanol–water partition coefficient (Wildman–Crippen LogP) is 4.19. The fourth-order valence-electron chi connectivity index (χ4n) is 1.83. The Hall–Kier alpha value is -1.71. The molecule has 0 saturated carbocycles. The predicted molar refractivity (Wildman–Crippen MR) is 75.2 cm³/mol. The molecule has 0 aliphatic rings. The average molecular weight is 279 g/mol. The van der Waals surface area contributed by atoms with Crippen molar-refractivity contribution in [2.24, 2.45) is 0 Å². The van der Waals surface area contributed by atoms with E-state index in [1.807, 2.05) is 6.07 Å². The van der Waals surface area contributed by atoms with Crippen molar-refractivity contribution < 1.29 is 14.6 Å². The molecule has 0 heterocycles. The van der Waals surface area contributed by atoms with E-state index in [1.54, 1.807) is 50.4 Å². The largest absolute Gasteiger partial charge is 0.496 e. The van der Waals surface area contributed by atoms with Gasteiger partial charge >= 0.3 is 0 Å². The molecule has 2 rings (SSSR count). The van der Waals surface area contributed by atoms with Crippen molar-refractivity contribution in [2.75, 3.05) is 7.11 Å². The summed E-state index contributed by atoms with van der Waals surface area (Å²) in [4.78, 5) is 0. The van der Waals surface area contributed by atoms with Gasteiger partial charge in [0.2, 0.25) is 0 Å². The van der Waals surface area contributed by atoms with Crippen LogP contribution in [-0.2, 0) is 0 Å². The Labute approximate surface area is 117 Å². The highest BCUT2D eigenvalue weighted by Crippen LogP contribution is 2.36. The van der Waals surface area contributed by atoms with Crippen LogP contribution in [0.5, 0.6) is 17.2 Å². The van der Waals surface area contributed by atoms with Crippen molar-refractivity contribution in [3.05, 3.63) is 53.1 Å². The molecule has 0 saturated heterocycles. The Morgan fingerprint density at radius 1 is 1.05 bits per heavy atom. The van der Waals surface area contributed by atoms with Crippen LogP contribution in [0.1, 0.15) is 18.6 Å². The summed E-state index contributed by atoms with van der Waals surface area (Å²) in [6.07, 6.45) is -0.682. The minimum absolute atomic E-state index is 0.566. The van der Waals surface area contributed by atoms with E-state index in [4.69, 9.17) is 21.1 Å². The monoisotopic (exact) mass is 278 g/mol. The van der Waals surface area contributed by atoms with Crippen molar-refractivity contribution in [1.29, 1.82) is 0 Å². The Kier molecular flexibility index (Phi) is 4.30. The first kappa shape index (κ1) is 13.7. The van der Waals surface area contributed by atoms with Gasteiger partial charge in [0.05, 0.1) is 18.8 Å². The number of halogens is 1. The van der Waals surface area contributed by atoms with Gasteiger partial charge in [-0.25, -0.2) is 0 Å². The van der Waals surface area contributed by atoms with E-state index in [1.165, 1.54) is 0 Å². The lowest BCUT2D eigenvalue weighted by atomic mass is 10.1. The van der Waals surface area contributed by atoms with Gasteiger partial charge in [0.1, 0.15) is 17.2 Å². The Morgan fingerprint density at radius 2 is 1.68 bits per heavy atom. The highest BCUT2D eigenvalue weighted by Gasteiger charge is 2.15. The van der Waals surface area contributed by atoms with Crippen LogP contribution in [0.15, 0.2) is 42.5 Å². The summed E-state index contributed by atoms with van der Waals surface area (Å²) in [6.45, 7) is 1.67. The quantitative estimate of drug-likeness (QED) is 0.911. The lowest BCUT2D eigenvalue weighted by molar-refractivity contribution is 0.190. The molecule has 0 aromatic heterocycles. The topological polar surface area (TPSA) is 38.7 Å². The summed E-state index contributed by atoms with van der Waals surface area (Å²) >= 11 is 5.83. The van der Waals surface area contributed by atoms with Gasteiger partial charge in [0.25, 0.3) is 0 Å². The van der Waals surface area contributed by atoms with Crippen LogP contribution in [0.3, 0.4) is 0 Å². The third-order valence-corrected chi connectivity index (χ3v) is 2.96. The van der Waals surface area contributed by atoms with E-state index in [0.29, 0.717) is 27.8 Å². The van der Waals surface area contributed by atoms with E-state index < -0.39 is 6.10 Å². The van der Waals surface area contributed by atoms with Crippen molar-refractivity contribution in [3.8, 4) is 17.2 Å². The summed E-state index contributed by atoms with van der Waals surface area (Å²) < 4.78 is 11.0. The van der Waals surface area contributed by atoms with E-state index in [2.05, 4.69) is 0 Å². The zero-order valence-corrected chi connectivity index (χ0v) is 11.5. The lowest BCUT2D eigenvalue weighted by Crippen LogP contribution is -2.00. The summed E-state index contributed by atoms with van der Waals surface area (Å²) in [5.74, 6) is 1.82. The molecule has 0 aliphatic carbocycles. The fourth-order valence-corrected chi connectivity index (χ4v) is 1.96. The number of benzene rings is 2. The molecule has 0 unspecified atom stereocenters. The van der Waals surface area contributed by atoms with Crippen LogP contribution in [0.25, 0.3) is 0 Å². The molecule has 2 aromatic rings. The Balaban J connectivity index is 2.36. The zero-order valence-electron chi connectivity index (χ0n) is 10.8. The molecule has 0 amide bonds. The van der Waals surface area contributed by atoms with Crippen molar-refractivity contribution in [1.82, 2.24) is 0 Å². The molecule has 0 radical (unpaired) electrons. The summed E-state index contributed by atoms with van der Waals surface area (Å²) in [5, 5.41) is 10.5. The van der Waals surface area contributed by atoms with Gasteiger partial charge in [-0.1, -0.05) is 17.7 Å². The summed E-state index contributed by atoms with van der Waals surface area (Å²) in [6, 6.07) is 12.4. The molecule has 1 atom stereocenters. The van der Waals surface area contributed by atoms with Crippen molar-refractivity contribution >= 4 is 11.6 Å². The maximum atomic E-state index is 9.86. The SMILES string of the molecule is COc1cccc(Oc2ccc(Cl)cc2)c1[C@H](C)O. The molecule has 0 spiro atoms. The van der Waals surface area contributed by atoms with E-state index >= 15 is 0 Å². The van der Waals surface area contributed by atoms with Crippen LogP contribution in [0, 0.1) is 0 Å². The molecule has 3 nitrogen and oxygen atoms in total. The molecule has 0 aliphatic heterocycles. The number of ether oxygens (including phenoxy) is 2. The van der Waals surface area contributed by atoms with Crippen molar-refractivity contribution in [2.45, 2.75) is 13.0 Å². The molecule has 4 heteroatoms. The lowest BCUT2D eigenvalue weighted by Gasteiger charge is -2.16. The van der Waals surface area contributed by atoms with Gasteiger partial charge in [-0.2, -0.15) is 0 Å². The van der Waals surface area contributed by atoms with E-state index in [-0.39, 0.29) is 0 Å². The van der Waals surface area contributed by atoms with Crippen LogP contribution in [-0.4, -0.2) is 12.2 Å². The number of methoxy groups -OCH3 is 1. The Bertz CT molecular complexity index is 550. The number of hydrogen-bond acceptors (Lipinski definition) is 3. The molecule has 1 N–H and O–H groups in total. The maximum absolute atomic E-state index is 9.86.